The molecule has 0 radical (unpaired) electrons. The van der Waals surface area contributed by atoms with Gasteiger partial charge in [0, 0.05) is 5.69 Å². The van der Waals surface area contributed by atoms with Crippen LogP contribution in [0.1, 0.15) is 25.8 Å². The smallest absolute Gasteiger partial charge is 0.171 e. The van der Waals surface area contributed by atoms with Crippen molar-refractivity contribution in [2.24, 2.45) is 5.92 Å². The molecule has 0 aromatic heterocycles. The van der Waals surface area contributed by atoms with Gasteiger partial charge in [0.25, 0.3) is 0 Å². The Morgan fingerprint density at radius 3 is 1.95 bits per heavy atom. The van der Waals surface area contributed by atoms with E-state index in [0.29, 0.717) is 11.0 Å². The van der Waals surface area contributed by atoms with E-state index < -0.39 is 7.26 Å². The Morgan fingerprint density at radius 1 is 0.762 bits per heavy atom. The Balaban J connectivity index is 1.54. The lowest BCUT2D eigenvalue weighted by atomic mass is 10.0. The van der Waals surface area contributed by atoms with Crippen molar-refractivity contribution in [1.29, 1.82) is 0 Å². The third kappa shape index (κ3) is 7.01. The van der Waals surface area contributed by atoms with Crippen molar-refractivity contribution < 1.29 is 4.74 Å². The molecular formula is C37H40N2OPS+. The van der Waals surface area contributed by atoms with Crippen molar-refractivity contribution in [2.75, 3.05) is 18.6 Å². The highest BCUT2D eigenvalue weighted by Crippen LogP contribution is 2.60. The normalized spacial score (nSPS) is 12.8. The van der Waals surface area contributed by atoms with E-state index in [9.17, 15) is 0 Å². The van der Waals surface area contributed by atoms with Gasteiger partial charge in [-0.1, -0.05) is 93.1 Å². The molecular weight excluding hydrogens is 551 g/mol. The first-order valence-electron chi connectivity index (χ1n) is 14.7. The summed E-state index contributed by atoms with van der Waals surface area (Å²) in [6, 6.07) is 46.0. The van der Waals surface area contributed by atoms with E-state index in [2.05, 4.69) is 128 Å². The average molecular weight is 592 g/mol. The number of thiocarbonyl (C=S) groups is 1. The molecule has 0 fully saturated rings. The maximum atomic E-state index is 5.90. The molecule has 0 aliphatic rings. The Bertz CT molecular complexity index is 1550. The van der Waals surface area contributed by atoms with Crippen LogP contribution < -0.4 is 26.0 Å². The average Bonchev–Trinajstić information content (AvgIpc) is 3.04. The van der Waals surface area contributed by atoms with Gasteiger partial charge in [-0.25, -0.2) is 0 Å². The molecule has 0 spiro atoms. The summed E-state index contributed by atoms with van der Waals surface area (Å²) >= 11 is 5.90. The van der Waals surface area contributed by atoms with E-state index in [-0.39, 0.29) is 6.04 Å². The molecule has 0 saturated carbocycles. The topological polar surface area (TPSA) is 33.3 Å². The fourth-order valence-corrected chi connectivity index (χ4v) is 10.6. The Labute approximate surface area is 256 Å². The molecule has 5 aromatic rings. The van der Waals surface area contributed by atoms with Gasteiger partial charge >= 0.3 is 0 Å². The van der Waals surface area contributed by atoms with Crippen LogP contribution in [0.4, 0.5) is 5.69 Å². The summed E-state index contributed by atoms with van der Waals surface area (Å²) in [4.78, 5) is 0. The summed E-state index contributed by atoms with van der Waals surface area (Å²) in [6.07, 6.45) is 3.04. The summed E-state index contributed by atoms with van der Waals surface area (Å²) in [6.45, 7) is 4.61. The van der Waals surface area contributed by atoms with E-state index in [4.69, 9.17) is 17.0 Å². The zero-order valence-electron chi connectivity index (χ0n) is 24.7. The van der Waals surface area contributed by atoms with Crippen molar-refractivity contribution in [3.8, 4) is 5.75 Å². The molecule has 0 bridgehead atoms. The molecule has 0 unspecified atom stereocenters. The molecule has 0 aliphatic carbocycles. The molecule has 0 aliphatic heterocycles. The highest BCUT2D eigenvalue weighted by atomic mass is 32.1. The number of rotatable bonds is 11. The molecule has 5 heteroatoms. The molecule has 0 heterocycles. The van der Waals surface area contributed by atoms with Gasteiger partial charge in [-0.3, -0.25) is 0 Å². The number of benzene rings is 5. The van der Waals surface area contributed by atoms with Crippen molar-refractivity contribution >= 4 is 51.7 Å². The maximum Gasteiger partial charge on any atom is 0.171 e. The third-order valence-electron chi connectivity index (χ3n) is 8.27. The van der Waals surface area contributed by atoms with Gasteiger partial charge in [-0.15, -0.1) is 0 Å². The van der Waals surface area contributed by atoms with Crippen molar-refractivity contribution in [3.63, 3.8) is 0 Å². The van der Waals surface area contributed by atoms with Crippen LogP contribution in [0.2, 0.25) is 0 Å². The highest BCUT2D eigenvalue weighted by molar-refractivity contribution is 7.88. The number of hydrogen-bond donors (Lipinski definition) is 2. The largest absolute Gasteiger partial charge is 0.497 e. The summed E-state index contributed by atoms with van der Waals surface area (Å²) in [5, 5.41) is 13.2. The predicted molar refractivity (Wildman–Crippen MR) is 187 cm³/mol. The van der Waals surface area contributed by atoms with Crippen LogP contribution in [0, 0.1) is 5.92 Å². The van der Waals surface area contributed by atoms with Gasteiger partial charge in [-0.05, 0) is 89.1 Å². The van der Waals surface area contributed by atoms with Gasteiger partial charge in [-0.2, -0.15) is 0 Å². The molecule has 42 heavy (non-hydrogen) atoms. The van der Waals surface area contributed by atoms with E-state index >= 15 is 0 Å². The molecule has 0 amide bonds. The zero-order valence-corrected chi connectivity index (χ0v) is 26.4. The standard InChI is InChI=1S/C37H39N2OPS/c1-4-28(2)36(39-37(42)38-32-21-23-33(40-3)24-22-32)27-41(34-15-7-5-8-16-34,35-17-9-6-10-18-35)26-29-19-20-30-13-11-12-14-31(30)25-29/h5-25,28,36H,4,26-27H2,1-3H3,(H-,38,39,42)/p+1/t28-,36+/m0/s1. The molecule has 0 saturated heterocycles. The van der Waals surface area contributed by atoms with Crippen LogP contribution in [-0.2, 0) is 6.16 Å². The van der Waals surface area contributed by atoms with Crippen LogP contribution in [-0.4, -0.2) is 24.4 Å². The fraction of sp³-hybridized carbons (Fsp3) is 0.216. The van der Waals surface area contributed by atoms with Gasteiger partial charge in [0.05, 0.1) is 43.3 Å². The maximum absolute atomic E-state index is 5.90. The zero-order chi connectivity index (χ0) is 29.4. The summed E-state index contributed by atoms with van der Waals surface area (Å²) < 4.78 is 5.32. The number of methoxy groups -OCH3 is 1. The van der Waals surface area contributed by atoms with E-state index in [1.807, 2.05) is 24.3 Å². The van der Waals surface area contributed by atoms with Gasteiger partial charge < -0.3 is 15.4 Å². The molecule has 3 nitrogen and oxygen atoms in total. The second-order valence-electron chi connectivity index (χ2n) is 11.0. The first-order chi connectivity index (χ1) is 20.5. The van der Waals surface area contributed by atoms with E-state index in [1.165, 1.54) is 26.9 Å². The predicted octanol–water partition coefficient (Wildman–Crippen LogP) is 8.42. The van der Waals surface area contributed by atoms with Crippen LogP contribution >= 0.6 is 19.5 Å². The highest BCUT2D eigenvalue weighted by Gasteiger charge is 2.46. The minimum atomic E-state index is -1.94. The lowest BCUT2D eigenvalue weighted by Crippen LogP contribution is -2.46. The van der Waals surface area contributed by atoms with E-state index in [0.717, 1.165) is 30.2 Å². The van der Waals surface area contributed by atoms with Crippen molar-refractivity contribution in [2.45, 2.75) is 32.5 Å². The number of anilines is 1. The Hall–Kier alpha value is -3.72. The third-order valence-corrected chi connectivity index (χ3v) is 13.0. The Kier molecular flexibility index (Phi) is 9.89. The molecule has 2 N–H and O–H groups in total. The SMILES string of the molecule is CC[C@H](C)[C@@H](C[P+](Cc1ccc2ccccc2c1)(c1ccccc1)c1ccccc1)NC(=S)Nc1ccc(OC)cc1. The quantitative estimate of drug-likeness (QED) is 0.119. The summed E-state index contributed by atoms with van der Waals surface area (Å²) in [5.74, 6) is 1.25. The minimum Gasteiger partial charge on any atom is -0.497 e. The van der Waals surface area contributed by atoms with E-state index in [1.54, 1.807) is 7.11 Å². The lowest BCUT2D eigenvalue weighted by Gasteiger charge is -2.34. The molecule has 2 atom stereocenters. The number of ether oxygens (including phenoxy) is 1. The van der Waals surface area contributed by atoms with Crippen molar-refractivity contribution in [1.82, 2.24) is 5.32 Å². The monoisotopic (exact) mass is 591 g/mol. The summed E-state index contributed by atoms with van der Waals surface area (Å²) in [7, 11) is -0.261. The summed E-state index contributed by atoms with van der Waals surface area (Å²) in [5.41, 5.74) is 2.32. The number of hydrogen-bond acceptors (Lipinski definition) is 2. The lowest BCUT2D eigenvalue weighted by molar-refractivity contribution is 0.415. The van der Waals surface area contributed by atoms with Crippen LogP contribution in [0.3, 0.4) is 0 Å². The first-order valence-corrected chi connectivity index (χ1v) is 17.2. The number of nitrogens with one attached hydrogen (secondary N) is 2. The number of fused-ring (bicyclic) bond motifs is 1. The van der Waals surface area contributed by atoms with Gasteiger partial charge in [0.15, 0.2) is 5.11 Å². The molecule has 214 valence electrons. The second-order valence-corrected chi connectivity index (χ2v) is 15.0. The first kappa shape index (κ1) is 29.8. The fourth-order valence-electron chi connectivity index (χ4n) is 5.68. The van der Waals surface area contributed by atoms with Crippen LogP contribution in [0.25, 0.3) is 10.8 Å². The molecule has 5 aromatic carbocycles. The minimum absolute atomic E-state index is 0.183. The van der Waals surface area contributed by atoms with Gasteiger partial charge in [0.2, 0.25) is 0 Å². The van der Waals surface area contributed by atoms with Crippen LogP contribution in [0.5, 0.6) is 5.75 Å². The Morgan fingerprint density at radius 2 is 1.36 bits per heavy atom. The second kappa shape index (κ2) is 14.0. The molecule has 5 rings (SSSR count). The van der Waals surface area contributed by atoms with Crippen LogP contribution in [0.15, 0.2) is 127 Å². The van der Waals surface area contributed by atoms with Crippen molar-refractivity contribution in [3.05, 3.63) is 133 Å². The van der Waals surface area contributed by atoms with Gasteiger partial charge in [0.1, 0.15) is 5.75 Å².